The van der Waals surface area contributed by atoms with E-state index in [4.69, 9.17) is 0 Å². The molecule has 2 saturated heterocycles. The molecule has 3 aromatic rings. The molecule has 0 aliphatic carbocycles. The van der Waals surface area contributed by atoms with E-state index in [-0.39, 0.29) is 17.7 Å². The summed E-state index contributed by atoms with van der Waals surface area (Å²) in [4.78, 5) is 30.7. The number of rotatable bonds is 7. The van der Waals surface area contributed by atoms with E-state index in [9.17, 15) is 9.59 Å². The molecule has 1 unspecified atom stereocenters. The van der Waals surface area contributed by atoms with Crippen LogP contribution in [0.2, 0.25) is 0 Å². The van der Waals surface area contributed by atoms with Gasteiger partial charge in [0.25, 0.3) is 5.91 Å². The first-order valence-corrected chi connectivity index (χ1v) is 14.3. The second-order valence-electron chi connectivity index (χ2n) is 11.7. The van der Waals surface area contributed by atoms with Crippen LogP contribution in [-0.2, 0) is 11.8 Å². The van der Waals surface area contributed by atoms with Crippen LogP contribution in [0.15, 0.2) is 54.9 Å². The number of hydrogen-bond acceptors (Lipinski definition) is 4. The van der Waals surface area contributed by atoms with Gasteiger partial charge in [-0.15, -0.1) is 0 Å². The highest BCUT2D eigenvalue weighted by Crippen LogP contribution is 2.31. The maximum absolute atomic E-state index is 13.4. The Bertz CT molecular complexity index is 1300. The van der Waals surface area contributed by atoms with Gasteiger partial charge in [0.1, 0.15) is 0 Å². The number of anilines is 1. The van der Waals surface area contributed by atoms with Gasteiger partial charge in [-0.05, 0) is 73.4 Å². The van der Waals surface area contributed by atoms with Gasteiger partial charge in [-0.25, -0.2) is 0 Å². The maximum Gasteiger partial charge on any atom is 0.253 e. The number of nitrogens with one attached hydrogen (secondary N) is 1. The number of likely N-dealkylation sites (tertiary alicyclic amines) is 2. The first-order valence-electron chi connectivity index (χ1n) is 14.3. The van der Waals surface area contributed by atoms with Gasteiger partial charge in [-0.2, -0.15) is 5.10 Å². The third-order valence-electron chi connectivity index (χ3n) is 8.21. The third-order valence-corrected chi connectivity index (χ3v) is 8.21. The Kier molecular flexibility index (Phi) is 8.17. The Morgan fingerprint density at radius 3 is 2.41 bits per heavy atom. The summed E-state index contributed by atoms with van der Waals surface area (Å²) < 4.78 is 1.82. The summed E-state index contributed by atoms with van der Waals surface area (Å²) in [5, 5.41) is 7.39. The van der Waals surface area contributed by atoms with Crippen LogP contribution in [0.25, 0.3) is 11.1 Å². The lowest BCUT2D eigenvalue weighted by molar-refractivity contribution is -0.119. The van der Waals surface area contributed by atoms with E-state index in [1.54, 1.807) is 0 Å². The summed E-state index contributed by atoms with van der Waals surface area (Å²) in [7, 11) is 1.93. The van der Waals surface area contributed by atoms with Gasteiger partial charge in [-0.3, -0.25) is 14.3 Å². The van der Waals surface area contributed by atoms with Crippen molar-refractivity contribution >= 4 is 17.5 Å². The molecule has 3 heterocycles. The lowest BCUT2D eigenvalue weighted by Gasteiger charge is -2.32. The molecule has 0 saturated carbocycles. The molecule has 7 heteroatoms. The molecule has 5 rings (SSSR count). The molecule has 1 aromatic heterocycles. The van der Waals surface area contributed by atoms with Crippen LogP contribution >= 0.6 is 0 Å². The predicted octanol–water partition coefficient (Wildman–Crippen LogP) is 5.33. The quantitative estimate of drug-likeness (QED) is 0.451. The standard InChI is InChI=1S/C32H41N5O2/c1-22(2)19-36-14-11-28(21-36)31(38)34-30-17-27(6-5-23(30)3)32(39)37-15-12-26(13-16-37)24-7-9-25(10-8-24)29-18-33-35(4)20-29/h5-10,17-18,20,22,26,28H,11-16,19,21H2,1-4H3,(H,34,38). The molecule has 206 valence electrons. The van der Waals surface area contributed by atoms with Crippen LogP contribution in [0.4, 0.5) is 5.69 Å². The number of aryl methyl sites for hydroxylation is 2. The highest BCUT2D eigenvalue weighted by molar-refractivity contribution is 5.98. The molecular weight excluding hydrogens is 486 g/mol. The average molecular weight is 528 g/mol. The zero-order valence-corrected chi connectivity index (χ0v) is 23.7. The lowest BCUT2D eigenvalue weighted by atomic mass is 9.88. The Balaban J connectivity index is 1.17. The van der Waals surface area contributed by atoms with Gasteiger partial charge in [0.15, 0.2) is 0 Å². The minimum absolute atomic E-state index is 0.0000362. The normalized spacial score (nSPS) is 18.6. The molecule has 2 aliphatic rings. The lowest BCUT2D eigenvalue weighted by Crippen LogP contribution is -2.38. The van der Waals surface area contributed by atoms with Crippen LogP contribution in [0, 0.1) is 18.8 Å². The van der Waals surface area contributed by atoms with Crippen LogP contribution in [0.1, 0.15) is 60.5 Å². The van der Waals surface area contributed by atoms with Crippen LogP contribution in [-0.4, -0.2) is 64.1 Å². The van der Waals surface area contributed by atoms with Crippen molar-refractivity contribution in [3.8, 4) is 11.1 Å². The van der Waals surface area contributed by atoms with E-state index in [1.165, 1.54) is 11.1 Å². The zero-order valence-electron chi connectivity index (χ0n) is 23.7. The number of benzene rings is 2. The summed E-state index contributed by atoms with van der Waals surface area (Å²) in [6.07, 6.45) is 6.69. The van der Waals surface area contributed by atoms with Crippen LogP contribution in [0.5, 0.6) is 0 Å². The fraction of sp³-hybridized carbons (Fsp3) is 0.469. The van der Waals surface area contributed by atoms with Crippen LogP contribution in [0.3, 0.4) is 0 Å². The van der Waals surface area contributed by atoms with E-state index in [0.29, 0.717) is 17.4 Å². The van der Waals surface area contributed by atoms with Crippen molar-refractivity contribution in [1.82, 2.24) is 19.6 Å². The van der Waals surface area contributed by atoms with Crippen molar-refractivity contribution in [1.29, 1.82) is 0 Å². The summed E-state index contributed by atoms with van der Waals surface area (Å²) in [6.45, 7) is 10.7. The summed E-state index contributed by atoms with van der Waals surface area (Å²) in [5.41, 5.74) is 5.98. The van der Waals surface area contributed by atoms with Crippen LogP contribution < -0.4 is 5.32 Å². The molecule has 1 atom stereocenters. The molecule has 2 aliphatic heterocycles. The largest absolute Gasteiger partial charge is 0.339 e. The third kappa shape index (κ3) is 6.41. The molecule has 0 radical (unpaired) electrons. The molecule has 0 bridgehead atoms. The molecule has 1 N–H and O–H groups in total. The number of piperidine rings is 1. The Hall–Kier alpha value is -3.45. The smallest absolute Gasteiger partial charge is 0.253 e. The van der Waals surface area contributed by atoms with Gasteiger partial charge in [0, 0.05) is 56.2 Å². The second-order valence-corrected chi connectivity index (χ2v) is 11.7. The van der Waals surface area contributed by atoms with Crippen molar-refractivity contribution in [2.24, 2.45) is 18.9 Å². The highest BCUT2D eigenvalue weighted by atomic mass is 16.2. The number of carbonyl (C=O) groups is 2. The number of aromatic nitrogens is 2. The minimum atomic E-state index is -0.0000362. The molecule has 2 amide bonds. The molecule has 7 nitrogen and oxygen atoms in total. The molecular formula is C32H41N5O2. The van der Waals surface area contributed by atoms with E-state index in [2.05, 4.69) is 53.4 Å². The fourth-order valence-electron chi connectivity index (χ4n) is 5.97. The first kappa shape index (κ1) is 27.1. The topological polar surface area (TPSA) is 70.5 Å². The highest BCUT2D eigenvalue weighted by Gasteiger charge is 2.29. The average Bonchev–Trinajstić information content (AvgIpc) is 3.58. The Morgan fingerprint density at radius 1 is 1.00 bits per heavy atom. The number of nitrogens with zero attached hydrogens (tertiary/aromatic N) is 4. The Labute approximate surface area is 232 Å². The van der Waals surface area contributed by atoms with E-state index >= 15 is 0 Å². The van der Waals surface area contributed by atoms with E-state index in [0.717, 1.165) is 68.8 Å². The zero-order chi connectivity index (χ0) is 27.5. The van der Waals surface area contributed by atoms with Gasteiger partial charge in [0.2, 0.25) is 5.91 Å². The van der Waals surface area contributed by atoms with Gasteiger partial charge in [-0.1, -0.05) is 44.2 Å². The molecule has 39 heavy (non-hydrogen) atoms. The molecule has 0 spiro atoms. The summed E-state index contributed by atoms with van der Waals surface area (Å²) in [6, 6.07) is 14.5. The first-order chi connectivity index (χ1) is 18.8. The van der Waals surface area contributed by atoms with E-state index < -0.39 is 0 Å². The number of amides is 2. The van der Waals surface area contributed by atoms with Crippen molar-refractivity contribution in [3.05, 3.63) is 71.5 Å². The Morgan fingerprint density at radius 2 is 1.74 bits per heavy atom. The molecule has 2 aromatic carbocycles. The SMILES string of the molecule is Cc1ccc(C(=O)N2CCC(c3ccc(-c4cnn(C)c4)cc3)CC2)cc1NC(=O)C1CCN(CC(C)C)C1. The second kappa shape index (κ2) is 11.7. The fourth-order valence-corrected chi connectivity index (χ4v) is 5.97. The van der Waals surface area contributed by atoms with Gasteiger partial charge in [0.05, 0.1) is 12.1 Å². The molecule has 2 fully saturated rings. The van der Waals surface area contributed by atoms with Crippen molar-refractivity contribution in [3.63, 3.8) is 0 Å². The van der Waals surface area contributed by atoms with Crippen molar-refractivity contribution in [2.75, 3.05) is 38.0 Å². The van der Waals surface area contributed by atoms with Crippen molar-refractivity contribution in [2.45, 2.75) is 46.0 Å². The van der Waals surface area contributed by atoms with E-state index in [1.807, 2.05) is 54.1 Å². The predicted molar refractivity (Wildman–Crippen MR) is 156 cm³/mol. The summed E-state index contributed by atoms with van der Waals surface area (Å²) in [5.74, 6) is 1.15. The van der Waals surface area contributed by atoms with Crippen molar-refractivity contribution < 1.29 is 9.59 Å². The van der Waals surface area contributed by atoms with Gasteiger partial charge < -0.3 is 15.1 Å². The summed E-state index contributed by atoms with van der Waals surface area (Å²) >= 11 is 0. The minimum Gasteiger partial charge on any atom is -0.339 e. The maximum atomic E-state index is 13.4. The number of carbonyl (C=O) groups excluding carboxylic acids is 2. The monoisotopic (exact) mass is 527 g/mol. The van der Waals surface area contributed by atoms with Gasteiger partial charge >= 0.3 is 0 Å². The number of hydrogen-bond donors (Lipinski definition) is 1.